The van der Waals surface area contributed by atoms with Crippen LogP contribution in [0.5, 0.6) is 23.0 Å². The van der Waals surface area contributed by atoms with Crippen LogP contribution in [0.15, 0.2) is 189 Å². The SMILES string of the molecule is CCN(CC)Cc1cc(Nc2c(C)cnc3cc(Cl)ccc23)ccc1O.CCN(CC)Cc1cc(Nc2ccnc3cc(Cl)ccc23)ccc1O.CC[N+](C)(CC)Cc1cc(Nc2ccnc3cc(Cl)ccc23)ccc1O.COc1ccc(Nc2ccnc3cc(Cl)ccc23)cc1CN(CCCl)CCCl. The number of fused-ring (bicyclic) bond motifs is 4. The van der Waals surface area contributed by atoms with Gasteiger partial charge in [0, 0.05) is 167 Å². The predicted octanol–water partition coefficient (Wildman–Crippen LogP) is 21.9. The third kappa shape index (κ3) is 22.2. The summed E-state index contributed by atoms with van der Waals surface area (Å²) in [6.45, 7) is 25.2. The van der Waals surface area contributed by atoms with Crippen LogP contribution in [0.2, 0.25) is 20.1 Å². The fraction of sp³-hybridized carbons (Fsp3) is 0.277. The molecule has 12 rings (SSSR count). The zero-order valence-electron chi connectivity index (χ0n) is 60.9. The Morgan fingerprint density at radius 1 is 0.410 bits per heavy atom. The number of benzene rings is 8. The lowest BCUT2D eigenvalue weighted by atomic mass is 10.1. The van der Waals surface area contributed by atoms with Crippen LogP contribution in [0.1, 0.15) is 69.4 Å². The summed E-state index contributed by atoms with van der Waals surface area (Å²) in [6.07, 6.45) is 7.15. The third-order valence-electron chi connectivity index (χ3n) is 18.6. The number of phenolic OH excluding ortho intramolecular Hbond substituents is 3. The van der Waals surface area contributed by atoms with E-state index >= 15 is 0 Å². The number of hydrogen-bond acceptors (Lipinski definition) is 15. The monoisotopic (exact) mass is 1530 g/mol. The number of aromatic nitrogens is 4. The van der Waals surface area contributed by atoms with E-state index in [0.29, 0.717) is 55.6 Å². The molecule has 0 atom stereocenters. The molecule has 4 heterocycles. The lowest BCUT2D eigenvalue weighted by Gasteiger charge is -2.32. The van der Waals surface area contributed by atoms with Crippen molar-refractivity contribution in [3.05, 3.63) is 236 Å². The van der Waals surface area contributed by atoms with Crippen LogP contribution in [-0.4, -0.2) is 133 Å². The van der Waals surface area contributed by atoms with Crippen molar-refractivity contribution in [1.29, 1.82) is 0 Å². The molecule has 0 aliphatic carbocycles. The maximum absolute atomic E-state index is 10.3. The van der Waals surface area contributed by atoms with Crippen LogP contribution < -0.4 is 26.0 Å². The second kappa shape index (κ2) is 39.1. The van der Waals surface area contributed by atoms with Gasteiger partial charge in [0.05, 0.1) is 60.6 Å². The van der Waals surface area contributed by atoms with Crippen LogP contribution in [0.3, 0.4) is 0 Å². The molecule has 0 bridgehead atoms. The van der Waals surface area contributed by atoms with Crippen molar-refractivity contribution >= 4 is 159 Å². The number of rotatable bonds is 27. The number of alkyl halides is 2. The van der Waals surface area contributed by atoms with Crippen molar-refractivity contribution in [2.45, 2.75) is 74.6 Å². The first kappa shape index (κ1) is 80.5. The van der Waals surface area contributed by atoms with E-state index in [-0.39, 0.29) is 0 Å². The molecule has 0 saturated carbocycles. The first-order valence-corrected chi connectivity index (χ1v) is 37.8. The summed E-state index contributed by atoms with van der Waals surface area (Å²) >= 11 is 36.2. The molecule has 7 N–H and O–H groups in total. The van der Waals surface area contributed by atoms with Gasteiger partial charge in [0.25, 0.3) is 0 Å². The number of aryl methyl sites for hydroxylation is 1. The molecule has 550 valence electrons. The molecule has 8 aromatic carbocycles. The van der Waals surface area contributed by atoms with Gasteiger partial charge < -0.3 is 45.8 Å². The largest absolute Gasteiger partial charge is 0.508 e. The van der Waals surface area contributed by atoms with Gasteiger partial charge in [-0.15, -0.1) is 23.2 Å². The lowest BCUT2D eigenvalue weighted by Crippen LogP contribution is -2.42. The number of hydrogen-bond donors (Lipinski definition) is 7. The molecular weight excluding hydrogens is 1440 g/mol. The molecule has 0 amide bonds. The number of nitrogens with zero attached hydrogens (tertiary/aromatic N) is 8. The number of ether oxygens (including phenoxy) is 1. The van der Waals surface area contributed by atoms with Crippen molar-refractivity contribution in [3.8, 4) is 23.0 Å². The van der Waals surface area contributed by atoms with Crippen LogP contribution in [0.4, 0.5) is 45.5 Å². The topological polar surface area (TPSA) is 179 Å². The Labute approximate surface area is 647 Å². The Morgan fingerprint density at radius 3 is 1.15 bits per heavy atom. The maximum atomic E-state index is 10.3. The zero-order chi connectivity index (χ0) is 75.2. The van der Waals surface area contributed by atoms with Gasteiger partial charge in [-0.1, -0.05) is 74.1 Å². The van der Waals surface area contributed by atoms with Crippen molar-refractivity contribution in [2.24, 2.45) is 0 Å². The minimum Gasteiger partial charge on any atom is -0.508 e. The normalized spacial score (nSPS) is 11.3. The Morgan fingerprint density at radius 2 is 0.762 bits per heavy atom. The molecule has 0 radical (unpaired) electrons. The Bertz CT molecular complexity index is 4860. The molecule has 0 saturated heterocycles. The van der Waals surface area contributed by atoms with Crippen LogP contribution in [-0.2, 0) is 26.2 Å². The van der Waals surface area contributed by atoms with E-state index in [1.807, 2.05) is 153 Å². The summed E-state index contributed by atoms with van der Waals surface area (Å²) in [4.78, 5) is 24.4. The summed E-state index contributed by atoms with van der Waals surface area (Å²) < 4.78 is 6.43. The molecule has 0 aliphatic rings. The highest BCUT2D eigenvalue weighted by molar-refractivity contribution is 6.32. The van der Waals surface area contributed by atoms with Gasteiger partial charge in [-0.05, 0) is 216 Å². The molecule has 16 nitrogen and oxygen atoms in total. The van der Waals surface area contributed by atoms with E-state index in [1.165, 1.54) is 0 Å². The smallest absolute Gasteiger partial charge is 0.124 e. The van der Waals surface area contributed by atoms with Gasteiger partial charge in [0.15, 0.2) is 0 Å². The van der Waals surface area contributed by atoms with Gasteiger partial charge in [-0.3, -0.25) is 34.6 Å². The highest BCUT2D eigenvalue weighted by Crippen LogP contribution is 2.36. The molecule has 0 spiro atoms. The highest BCUT2D eigenvalue weighted by atomic mass is 35.5. The van der Waals surface area contributed by atoms with E-state index in [0.717, 1.165) is 199 Å². The standard InChI is InChI=1S/C21H22Cl3N3O.2C21H24ClN3O.C20H22ClN3O/c1-28-21-5-3-17(12-15(21)14-27(10-7-22)11-8-23)26-19-6-9-25-20-13-16(24)2-4-18(19)20;1-4-25(5-2)13-15-10-17(7-9-20(15)26)24-21-14(3)12-23-19-11-16(22)6-8-18(19)21;1-4-25(3,5-2)14-15-12-17(7-9-21(15)26)24-19-10-11-23-20-13-16(22)6-8-18(19)20;1-3-24(4-2)13-14-11-16(6-8-20(14)25)23-18-9-10-22-19-12-15(21)5-7-17(18)19/h2-6,9,12-13H,7-8,10-11,14H2,1H3,(H,25,26);6-12,26H,4-5,13H2,1-3H3,(H,23,24);6-13H,4-5,14H2,1-3H3,(H-,23,24,26);5-12,25H,3-4,13H2,1-2H3,(H,22,23)/p+1. The van der Waals surface area contributed by atoms with Gasteiger partial charge in [-0.2, -0.15) is 0 Å². The molecule has 4 aromatic heterocycles. The van der Waals surface area contributed by atoms with E-state index in [1.54, 1.807) is 43.9 Å². The average Bonchev–Trinajstić information content (AvgIpc) is 0.543. The minimum atomic E-state index is 0.323. The first-order chi connectivity index (χ1) is 50.7. The number of aromatic hydroxyl groups is 3. The van der Waals surface area contributed by atoms with E-state index in [9.17, 15) is 15.3 Å². The summed E-state index contributed by atoms with van der Waals surface area (Å²) in [6, 6.07) is 51.6. The van der Waals surface area contributed by atoms with Gasteiger partial charge in [-0.25, -0.2) is 0 Å². The number of methoxy groups -OCH3 is 1. The number of nitrogens with one attached hydrogen (secondary N) is 4. The quantitative estimate of drug-likeness (QED) is 0.0147. The van der Waals surface area contributed by atoms with Crippen LogP contribution in [0.25, 0.3) is 43.6 Å². The second-order valence-corrected chi connectivity index (χ2v) is 28.1. The van der Waals surface area contributed by atoms with Crippen molar-refractivity contribution in [3.63, 3.8) is 0 Å². The van der Waals surface area contributed by atoms with Crippen LogP contribution >= 0.6 is 69.6 Å². The molecule has 105 heavy (non-hydrogen) atoms. The number of quaternary nitrogens is 1. The fourth-order valence-corrected chi connectivity index (χ4v) is 13.2. The summed E-state index contributed by atoms with van der Waals surface area (Å²) in [5.74, 6) is 2.94. The molecule has 0 fully saturated rings. The lowest BCUT2D eigenvalue weighted by molar-refractivity contribution is -0.919. The zero-order valence-corrected chi connectivity index (χ0v) is 65.4. The Kier molecular flexibility index (Phi) is 30.0. The first-order valence-electron chi connectivity index (χ1n) is 35.2. The fourth-order valence-electron chi connectivity index (χ4n) is 12.1. The van der Waals surface area contributed by atoms with Crippen molar-refractivity contribution < 1.29 is 24.5 Å². The van der Waals surface area contributed by atoms with Gasteiger partial charge in [0.2, 0.25) is 0 Å². The highest BCUT2D eigenvalue weighted by Gasteiger charge is 2.21. The molecule has 0 unspecified atom stereocenters. The second-order valence-electron chi connectivity index (χ2n) is 25.6. The Balaban J connectivity index is 0.000000162. The predicted molar refractivity (Wildman–Crippen MR) is 443 cm³/mol. The summed E-state index contributed by atoms with van der Waals surface area (Å²) in [7, 11) is 3.89. The minimum absolute atomic E-state index is 0.323. The number of anilines is 8. The number of halogens is 6. The number of phenols is 3. The van der Waals surface area contributed by atoms with Crippen LogP contribution in [0, 0.1) is 6.92 Å². The molecule has 12 aromatic rings. The van der Waals surface area contributed by atoms with Gasteiger partial charge in [0.1, 0.15) is 29.5 Å². The number of pyridine rings is 4. The van der Waals surface area contributed by atoms with Gasteiger partial charge >= 0.3 is 0 Å². The molecule has 22 heteroatoms. The maximum Gasteiger partial charge on any atom is 0.124 e. The van der Waals surface area contributed by atoms with Crippen molar-refractivity contribution in [1.82, 2.24) is 34.6 Å². The summed E-state index contributed by atoms with van der Waals surface area (Å²) in [5.41, 5.74) is 16.0. The third-order valence-corrected chi connectivity index (χ3v) is 19.9. The van der Waals surface area contributed by atoms with E-state index < -0.39 is 0 Å². The summed E-state index contributed by atoms with van der Waals surface area (Å²) in [5, 5.41) is 51.3. The molecular formula is C83H93Cl6N12O4+. The van der Waals surface area contributed by atoms with E-state index in [2.05, 4.69) is 111 Å². The Hall–Kier alpha value is -8.62. The van der Waals surface area contributed by atoms with Crippen molar-refractivity contribution in [2.75, 3.05) is 99.5 Å². The molecule has 0 aliphatic heterocycles. The van der Waals surface area contributed by atoms with E-state index in [4.69, 9.17) is 74.3 Å². The average molecular weight is 1540 g/mol.